The summed E-state index contributed by atoms with van der Waals surface area (Å²) in [5.74, 6) is -0.217. The number of nitrogens with zero attached hydrogens (tertiary/aromatic N) is 5. The first-order valence-corrected chi connectivity index (χ1v) is 9.41. The Morgan fingerprint density at radius 2 is 2.00 bits per heavy atom. The molecule has 25 heavy (non-hydrogen) atoms. The molecule has 0 aliphatic carbocycles. The molecule has 9 heteroatoms. The summed E-state index contributed by atoms with van der Waals surface area (Å²) in [4.78, 5) is 12.5. The molecule has 2 N–H and O–H groups in total. The number of aromatic nitrogens is 5. The Bertz CT molecular complexity index is 740. The average molecular weight is 363 g/mol. The second-order valence-corrected chi connectivity index (χ2v) is 8.44. The third kappa shape index (κ3) is 4.04. The van der Waals surface area contributed by atoms with Crippen molar-refractivity contribution >= 4 is 17.2 Å². The van der Waals surface area contributed by atoms with Gasteiger partial charge in [-0.15, -0.1) is 15.3 Å². The van der Waals surface area contributed by atoms with Crippen LogP contribution in [0.5, 0.6) is 0 Å². The van der Waals surface area contributed by atoms with Crippen LogP contribution in [0, 0.1) is 6.92 Å². The number of hydrogen-bond acceptors (Lipinski definition) is 7. The minimum atomic E-state index is -0.217. The van der Waals surface area contributed by atoms with Crippen molar-refractivity contribution in [2.24, 2.45) is 0 Å². The first kappa shape index (κ1) is 17.9. The molecule has 0 saturated carbocycles. The molecular formula is C16H25N7OS. The van der Waals surface area contributed by atoms with E-state index in [1.165, 1.54) is 11.3 Å². The highest BCUT2D eigenvalue weighted by Gasteiger charge is 2.23. The van der Waals surface area contributed by atoms with E-state index in [0.29, 0.717) is 18.3 Å². The van der Waals surface area contributed by atoms with Crippen molar-refractivity contribution in [2.75, 3.05) is 13.1 Å². The van der Waals surface area contributed by atoms with Crippen LogP contribution in [0.1, 0.15) is 65.9 Å². The summed E-state index contributed by atoms with van der Waals surface area (Å²) in [6, 6.07) is 0.313. The van der Waals surface area contributed by atoms with Crippen LogP contribution in [-0.2, 0) is 12.0 Å². The molecule has 1 saturated heterocycles. The molecule has 0 unspecified atom stereocenters. The number of nitrogens with one attached hydrogen (secondary N) is 2. The summed E-state index contributed by atoms with van der Waals surface area (Å²) < 4.78 is 1.89. The molecule has 0 radical (unpaired) electrons. The normalized spacial score (nSPS) is 16.2. The Kier molecular flexibility index (Phi) is 5.14. The number of carbonyl (C=O) groups excluding carboxylic acids is 1. The predicted octanol–water partition coefficient (Wildman–Crippen LogP) is 1.59. The molecule has 2 aromatic rings. The van der Waals surface area contributed by atoms with E-state index >= 15 is 0 Å². The van der Waals surface area contributed by atoms with Crippen molar-refractivity contribution in [3.05, 3.63) is 21.4 Å². The number of rotatable bonds is 4. The van der Waals surface area contributed by atoms with E-state index in [4.69, 9.17) is 0 Å². The molecular weight excluding hydrogens is 338 g/mol. The van der Waals surface area contributed by atoms with Crippen LogP contribution < -0.4 is 10.6 Å². The van der Waals surface area contributed by atoms with Gasteiger partial charge in [0.2, 0.25) is 0 Å². The lowest BCUT2D eigenvalue weighted by molar-refractivity contribution is 0.0945. The molecule has 3 rings (SSSR count). The molecule has 1 amide bonds. The summed E-state index contributed by atoms with van der Waals surface area (Å²) in [5, 5.41) is 24.6. The highest BCUT2D eigenvalue weighted by atomic mass is 32.1. The van der Waals surface area contributed by atoms with Gasteiger partial charge in [-0.3, -0.25) is 4.79 Å². The lowest BCUT2D eigenvalue weighted by Crippen LogP contribution is -2.30. The Labute approximate surface area is 151 Å². The van der Waals surface area contributed by atoms with Crippen molar-refractivity contribution in [1.29, 1.82) is 0 Å². The van der Waals surface area contributed by atoms with Gasteiger partial charge in [0.25, 0.3) is 5.91 Å². The zero-order chi connectivity index (χ0) is 18.0. The minimum Gasteiger partial charge on any atom is -0.344 e. The van der Waals surface area contributed by atoms with E-state index in [-0.39, 0.29) is 11.3 Å². The Morgan fingerprint density at radius 3 is 2.64 bits per heavy atom. The third-order valence-corrected chi connectivity index (χ3v) is 5.65. The third-order valence-electron chi connectivity index (χ3n) is 4.31. The maximum absolute atomic E-state index is 12.5. The van der Waals surface area contributed by atoms with E-state index < -0.39 is 0 Å². The fourth-order valence-corrected chi connectivity index (χ4v) is 3.65. The Morgan fingerprint density at radius 1 is 1.28 bits per heavy atom. The standard InChI is InChI=1S/C16H25N7OS/c1-10-13(20-22-23(10)11-5-7-17-8-6-11)14(24)18-9-12-19-21-15(25-12)16(2,3)4/h11,17H,5-9H2,1-4H3,(H,18,24). The first-order valence-electron chi connectivity index (χ1n) is 8.60. The molecule has 136 valence electrons. The van der Waals surface area contributed by atoms with Gasteiger partial charge in [-0.05, 0) is 32.9 Å². The van der Waals surface area contributed by atoms with Crippen molar-refractivity contribution in [1.82, 2.24) is 35.8 Å². The molecule has 1 aliphatic heterocycles. The fourth-order valence-electron chi connectivity index (χ4n) is 2.82. The van der Waals surface area contributed by atoms with Gasteiger partial charge in [0, 0.05) is 5.41 Å². The van der Waals surface area contributed by atoms with E-state index in [2.05, 4.69) is 51.9 Å². The maximum atomic E-state index is 12.5. The van der Waals surface area contributed by atoms with Crippen LogP contribution in [0.4, 0.5) is 0 Å². The number of amides is 1. The summed E-state index contributed by atoms with van der Waals surface area (Å²) >= 11 is 1.52. The summed E-state index contributed by atoms with van der Waals surface area (Å²) in [5.41, 5.74) is 1.17. The van der Waals surface area contributed by atoms with Gasteiger partial charge in [0.15, 0.2) is 5.69 Å². The lowest BCUT2D eigenvalue weighted by Gasteiger charge is -2.23. The van der Waals surface area contributed by atoms with Crippen molar-refractivity contribution < 1.29 is 4.79 Å². The average Bonchev–Trinajstić information content (AvgIpc) is 3.20. The lowest BCUT2D eigenvalue weighted by atomic mass is 9.98. The zero-order valence-electron chi connectivity index (χ0n) is 15.2. The molecule has 0 atom stereocenters. The van der Waals surface area contributed by atoms with Gasteiger partial charge >= 0.3 is 0 Å². The highest BCUT2D eigenvalue weighted by Crippen LogP contribution is 2.25. The van der Waals surface area contributed by atoms with Crippen LogP contribution in [-0.4, -0.2) is 44.2 Å². The second-order valence-electron chi connectivity index (χ2n) is 7.38. The summed E-state index contributed by atoms with van der Waals surface area (Å²) in [7, 11) is 0. The molecule has 8 nitrogen and oxygen atoms in total. The maximum Gasteiger partial charge on any atom is 0.274 e. The fraction of sp³-hybridized carbons (Fsp3) is 0.688. The molecule has 0 bridgehead atoms. The van der Waals surface area contributed by atoms with Gasteiger partial charge in [0.1, 0.15) is 10.0 Å². The second kappa shape index (κ2) is 7.17. The van der Waals surface area contributed by atoms with Crippen LogP contribution in [0.25, 0.3) is 0 Å². The highest BCUT2D eigenvalue weighted by molar-refractivity contribution is 7.11. The first-order chi connectivity index (χ1) is 11.9. The number of hydrogen-bond donors (Lipinski definition) is 2. The summed E-state index contributed by atoms with van der Waals surface area (Å²) in [6.45, 7) is 10.5. The molecule has 3 heterocycles. The SMILES string of the molecule is Cc1c(C(=O)NCc2nnc(C(C)(C)C)s2)nnn1C1CCNCC1. The van der Waals surface area contributed by atoms with Crippen LogP contribution in [0.3, 0.4) is 0 Å². The largest absolute Gasteiger partial charge is 0.344 e. The van der Waals surface area contributed by atoms with E-state index in [0.717, 1.165) is 41.6 Å². The van der Waals surface area contributed by atoms with E-state index in [1.807, 2.05) is 11.6 Å². The molecule has 0 spiro atoms. The minimum absolute atomic E-state index is 0.0337. The van der Waals surface area contributed by atoms with Crippen molar-refractivity contribution in [2.45, 2.75) is 58.5 Å². The van der Waals surface area contributed by atoms with E-state index in [1.54, 1.807) is 0 Å². The number of carbonyl (C=O) groups is 1. The topological polar surface area (TPSA) is 97.6 Å². The van der Waals surface area contributed by atoms with Crippen LogP contribution in [0.15, 0.2) is 0 Å². The zero-order valence-corrected chi connectivity index (χ0v) is 16.0. The van der Waals surface area contributed by atoms with Crippen LogP contribution in [0.2, 0.25) is 0 Å². The van der Waals surface area contributed by atoms with Crippen molar-refractivity contribution in [3.63, 3.8) is 0 Å². The monoisotopic (exact) mass is 363 g/mol. The molecule has 1 fully saturated rings. The smallest absolute Gasteiger partial charge is 0.274 e. The Hall–Kier alpha value is -1.87. The molecule has 0 aromatic carbocycles. The summed E-state index contributed by atoms with van der Waals surface area (Å²) in [6.07, 6.45) is 2.01. The van der Waals surface area contributed by atoms with E-state index in [9.17, 15) is 4.79 Å². The van der Waals surface area contributed by atoms with Crippen molar-refractivity contribution in [3.8, 4) is 0 Å². The number of piperidine rings is 1. The molecule has 1 aliphatic rings. The van der Waals surface area contributed by atoms with Gasteiger partial charge in [-0.1, -0.05) is 37.3 Å². The molecule has 2 aromatic heterocycles. The predicted molar refractivity (Wildman–Crippen MR) is 95.7 cm³/mol. The van der Waals surface area contributed by atoms with Gasteiger partial charge in [0.05, 0.1) is 18.3 Å². The van der Waals surface area contributed by atoms with Gasteiger partial charge in [-0.2, -0.15) is 0 Å². The van der Waals surface area contributed by atoms with Crippen LogP contribution >= 0.6 is 11.3 Å². The quantitative estimate of drug-likeness (QED) is 0.856. The van der Waals surface area contributed by atoms with Gasteiger partial charge in [-0.25, -0.2) is 4.68 Å². The van der Waals surface area contributed by atoms with Gasteiger partial charge < -0.3 is 10.6 Å². The Balaban J connectivity index is 1.63.